The molecule has 0 radical (unpaired) electrons. The number of thiophene rings is 1. The Labute approximate surface area is 186 Å². The molecule has 7 nitrogen and oxygen atoms in total. The number of amides is 2. The van der Waals surface area contributed by atoms with Crippen molar-refractivity contribution < 1.29 is 23.5 Å². The number of nitrogens with zero attached hydrogens (tertiary/aromatic N) is 1. The molecule has 0 saturated heterocycles. The van der Waals surface area contributed by atoms with Gasteiger partial charge < -0.3 is 20.1 Å². The van der Waals surface area contributed by atoms with Gasteiger partial charge in [0.1, 0.15) is 22.2 Å². The summed E-state index contributed by atoms with van der Waals surface area (Å²) in [5.41, 5.74) is 2.13. The summed E-state index contributed by atoms with van der Waals surface area (Å²) >= 11 is 1.27. The first-order chi connectivity index (χ1) is 15.4. The van der Waals surface area contributed by atoms with Gasteiger partial charge in [-0.1, -0.05) is 6.07 Å². The van der Waals surface area contributed by atoms with E-state index in [0.717, 1.165) is 10.3 Å². The number of rotatable bonds is 5. The minimum absolute atomic E-state index is 0.106. The van der Waals surface area contributed by atoms with Gasteiger partial charge in [0, 0.05) is 11.8 Å². The van der Waals surface area contributed by atoms with Gasteiger partial charge in [-0.05, 0) is 55.0 Å². The summed E-state index contributed by atoms with van der Waals surface area (Å²) in [7, 11) is 1.33. The molecular weight excluding hydrogens is 433 g/mol. The van der Waals surface area contributed by atoms with E-state index in [1.54, 1.807) is 54.7 Å². The number of ether oxygens (including phenoxy) is 2. The van der Waals surface area contributed by atoms with Crippen LogP contribution in [-0.4, -0.2) is 24.1 Å². The van der Waals surface area contributed by atoms with Crippen LogP contribution < -0.4 is 15.4 Å². The fourth-order valence-corrected chi connectivity index (χ4v) is 3.88. The van der Waals surface area contributed by atoms with Crippen LogP contribution in [0.15, 0.2) is 60.8 Å². The number of hydrogen-bond acceptors (Lipinski definition) is 6. The molecule has 2 N–H and O–H groups in total. The number of hydrogen-bond donors (Lipinski definition) is 2. The molecule has 0 aliphatic rings. The van der Waals surface area contributed by atoms with Crippen LogP contribution in [0.3, 0.4) is 0 Å². The molecule has 162 valence electrons. The molecule has 0 fully saturated rings. The molecule has 0 atom stereocenters. The predicted molar refractivity (Wildman–Crippen MR) is 121 cm³/mol. The molecule has 2 aromatic carbocycles. The van der Waals surface area contributed by atoms with E-state index in [4.69, 9.17) is 9.47 Å². The first-order valence-electron chi connectivity index (χ1n) is 9.51. The van der Waals surface area contributed by atoms with Gasteiger partial charge in [0.05, 0.1) is 29.2 Å². The number of urea groups is 1. The van der Waals surface area contributed by atoms with Gasteiger partial charge in [0.15, 0.2) is 0 Å². The molecule has 2 heterocycles. The highest BCUT2D eigenvalue weighted by molar-refractivity contribution is 7.20. The largest absolute Gasteiger partial charge is 0.465 e. The van der Waals surface area contributed by atoms with Gasteiger partial charge in [0.25, 0.3) is 0 Å². The third-order valence-corrected chi connectivity index (χ3v) is 5.50. The molecule has 2 aromatic heterocycles. The van der Waals surface area contributed by atoms with Crippen molar-refractivity contribution in [1.29, 1.82) is 0 Å². The van der Waals surface area contributed by atoms with Crippen LogP contribution >= 0.6 is 11.3 Å². The minimum Gasteiger partial charge on any atom is -0.465 e. The highest BCUT2D eigenvalue weighted by atomic mass is 32.1. The van der Waals surface area contributed by atoms with E-state index in [1.807, 2.05) is 6.92 Å². The highest BCUT2D eigenvalue weighted by Crippen LogP contribution is 2.30. The van der Waals surface area contributed by atoms with E-state index >= 15 is 0 Å². The van der Waals surface area contributed by atoms with Crippen LogP contribution in [0.25, 0.3) is 10.2 Å². The zero-order valence-electron chi connectivity index (χ0n) is 17.1. The average Bonchev–Trinajstić information content (AvgIpc) is 3.20. The first-order valence-corrected chi connectivity index (χ1v) is 10.3. The number of benzene rings is 2. The summed E-state index contributed by atoms with van der Waals surface area (Å²) in [6, 6.07) is 14.1. The van der Waals surface area contributed by atoms with Crippen LogP contribution in [0, 0.1) is 12.7 Å². The van der Waals surface area contributed by atoms with Gasteiger partial charge in [-0.25, -0.2) is 14.0 Å². The number of esters is 1. The van der Waals surface area contributed by atoms with E-state index < -0.39 is 17.8 Å². The molecule has 4 aromatic rings. The molecular formula is C23H18FN3O4S. The van der Waals surface area contributed by atoms with Crippen molar-refractivity contribution in [3.05, 3.63) is 77.1 Å². The number of methoxy groups -OCH3 is 1. The van der Waals surface area contributed by atoms with Gasteiger partial charge in [0.2, 0.25) is 0 Å². The van der Waals surface area contributed by atoms with E-state index in [-0.39, 0.29) is 5.69 Å². The highest BCUT2D eigenvalue weighted by Gasteiger charge is 2.12. The number of nitrogens with one attached hydrogen (secondary N) is 2. The lowest BCUT2D eigenvalue weighted by atomic mass is 10.2. The number of aromatic nitrogens is 1. The Hall–Kier alpha value is -3.98. The smallest absolute Gasteiger partial charge is 0.348 e. The summed E-state index contributed by atoms with van der Waals surface area (Å²) in [5.74, 6) is 0.119. The van der Waals surface area contributed by atoms with E-state index in [2.05, 4.69) is 15.6 Å². The summed E-state index contributed by atoms with van der Waals surface area (Å²) in [6.45, 7) is 1.81. The van der Waals surface area contributed by atoms with Crippen LogP contribution in [-0.2, 0) is 4.74 Å². The molecule has 0 aliphatic heterocycles. The molecule has 2 amide bonds. The van der Waals surface area contributed by atoms with Gasteiger partial charge in [-0.2, -0.15) is 0 Å². The molecule has 32 heavy (non-hydrogen) atoms. The number of pyridine rings is 1. The number of halogens is 1. The number of aryl methyl sites for hydroxylation is 1. The Balaban J connectivity index is 1.40. The standard InChI is InChI=1S/C23H18FN3O4S/c1-13-3-8-17(24)18(9-13)27-23(29)26-14-4-6-15(7-5-14)31-16-10-20-19(25-12-16)11-21(32-20)22(28)30-2/h3-12H,1-2H3,(H2,26,27,29). The van der Waals surface area contributed by atoms with Crippen LogP contribution in [0.1, 0.15) is 15.2 Å². The zero-order chi connectivity index (χ0) is 22.7. The molecule has 0 unspecified atom stereocenters. The van der Waals surface area contributed by atoms with E-state index in [9.17, 15) is 14.0 Å². The molecule has 0 bridgehead atoms. The van der Waals surface area contributed by atoms with Crippen molar-refractivity contribution in [2.24, 2.45) is 0 Å². The molecule has 4 rings (SSSR count). The molecule has 0 saturated carbocycles. The molecule has 0 aliphatic carbocycles. The van der Waals surface area contributed by atoms with Crippen molar-refractivity contribution in [1.82, 2.24) is 4.98 Å². The Kier molecular flexibility index (Phi) is 6.00. The van der Waals surface area contributed by atoms with Crippen LogP contribution in [0.2, 0.25) is 0 Å². The Morgan fingerprint density at radius 1 is 1.00 bits per heavy atom. The zero-order valence-corrected chi connectivity index (χ0v) is 18.0. The van der Waals surface area contributed by atoms with Crippen molar-refractivity contribution in [3.8, 4) is 11.5 Å². The predicted octanol–water partition coefficient (Wildman–Crippen LogP) is 5.97. The van der Waals surface area contributed by atoms with Gasteiger partial charge >= 0.3 is 12.0 Å². The van der Waals surface area contributed by atoms with E-state index in [0.29, 0.717) is 27.6 Å². The summed E-state index contributed by atoms with van der Waals surface area (Å²) in [6.07, 6.45) is 1.56. The number of fused-ring (bicyclic) bond motifs is 1. The fraction of sp³-hybridized carbons (Fsp3) is 0.0870. The Bertz CT molecular complexity index is 1300. The normalized spacial score (nSPS) is 10.6. The maximum atomic E-state index is 13.8. The Morgan fingerprint density at radius 2 is 1.78 bits per heavy atom. The second-order valence-corrected chi connectivity index (χ2v) is 7.93. The molecule has 0 spiro atoms. The van der Waals surface area contributed by atoms with Gasteiger partial charge in [-0.3, -0.25) is 4.98 Å². The lowest BCUT2D eigenvalue weighted by molar-refractivity contribution is 0.0606. The molecule has 9 heteroatoms. The maximum absolute atomic E-state index is 13.8. The minimum atomic E-state index is -0.558. The van der Waals surface area contributed by atoms with Crippen molar-refractivity contribution in [2.45, 2.75) is 6.92 Å². The first kappa shape index (κ1) is 21.3. The third-order valence-electron chi connectivity index (χ3n) is 4.45. The average molecular weight is 451 g/mol. The maximum Gasteiger partial charge on any atom is 0.348 e. The SMILES string of the molecule is COC(=O)c1cc2ncc(Oc3ccc(NC(=O)Nc4cc(C)ccc4F)cc3)cc2s1. The van der Waals surface area contributed by atoms with Crippen molar-refractivity contribution >= 4 is 44.9 Å². The summed E-state index contributed by atoms with van der Waals surface area (Å²) < 4.78 is 25.1. The number of anilines is 2. The summed E-state index contributed by atoms with van der Waals surface area (Å²) in [5, 5.41) is 5.13. The topological polar surface area (TPSA) is 89.6 Å². The van der Waals surface area contributed by atoms with Gasteiger partial charge in [-0.15, -0.1) is 11.3 Å². The fourth-order valence-electron chi connectivity index (χ4n) is 2.92. The van der Waals surface area contributed by atoms with Crippen LogP contribution in [0.4, 0.5) is 20.6 Å². The number of carbonyl (C=O) groups excluding carboxylic acids is 2. The van der Waals surface area contributed by atoms with Crippen LogP contribution in [0.5, 0.6) is 11.5 Å². The third kappa shape index (κ3) is 4.84. The lowest BCUT2D eigenvalue weighted by Gasteiger charge is -2.10. The summed E-state index contributed by atoms with van der Waals surface area (Å²) in [4.78, 5) is 28.6. The Morgan fingerprint density at radius 3 is 2.53 bits per heavy atom. The van der Waals surface area contributed by atoms with Crippen molar-refractivity contribution in [3.63, 3.8) is 0 Å². The second-order valence-electron chi connectivity index (χ2n) is 6.85. The van der Waals surface area contributed by atoms with Crippen molar-refractivity contribution in [2.75, 3.05) is 17.7 Å². The number of carbonyl (C=O) groups is 2. The van der Waals surface area contributed by atoms with E-state index in [1.165, 1.54) is 24.5 Å². The lowest BCUT2D eigenvalue weighted by Crippen LogP contribution is -2.20. The monoisotopic (exact) mass is 451 g/mol. The quantitative estimate of drug-likeness (QED) is 0.365. The second kappa shape index (κ2) is 9.03.